The van der Waals surface area contributed by atoms with Crippen LogP contribution in [-0.2, 0) is 65.4 Å². The summed E-state index contributed by atoms with van der Waals surface area (Å²) in [4.78, 5) is 70.5. The predicted octanol–water partition coefficient (Wildman–Crippen LogP) is 10.9. The van der Waals surface area contributed by atoms with Gasteiger partial charge in [-0.25, -0.2) is 9.13 Å². The Balaban J connectivity index is 5.08. The second-order valence-corrected chi connectivity index (χ2v) is 19.7. The zero-order valence-corrected chi connectivity index (χ0v) is 42.2. The summed E-state index contributed by atoms with van der Waals surface area (Å²) in [6.07, 6.45) is 20.9. The molecule has 0 amide bonds. The molecule has 0 aliphatic carbocycles. The van der Waals surface area contributed by atoms with Gasteiger partial charge >= 0.3 is 39.5 Å². The summed E-state index contributed by atoms with van der Waals surface area (Å²) < 4.78 is 66.6. The molecule has 0 aliphatic rings. The van der Waals surface area contributed by atoms with Gasteiger partial charge in [0, 0.05) is 25.7 Å². The number of phosphoric ester groups is 2. The lowest BCUT2D eigenvalue weighted by molar-refractivity contribution is -0.161. The first-order valence-corrected chi connectivity index (χ1v) is 27.8. The van der Waals surface area contributed by atoms with E-state index in [2.05, 4.69) is 20.8 Å². The molecule has 0 saturated carbocycles. The van der Waals surface area contributed by atoms with Crippen molar-refractivity contribution >= 4 is 39.5 Å². The summed E-state index contributed by atoms with van der Waals surface area (Å²) >= 11 is 0. The van der Waals surface area contributed by atoms with E-state index in [0.717, 1.165) is 103 Å². The standard InChI is InChI=1S/C46H88O17P2/c1-5-9-13-17-20-21-22-25-28-31-44(49)57-36-41(62-45(50)32-26-16-12-8-4)38-60-64(52,53)58-34-40(47)35-59-65(54,55)61-39-42(63-46(51)33-29-24-19-15-11-7-3)37-56-43(48)30-27-23-18-14-10-6-2/h40-42,47H,5-39H2,1-4H3,(H,52,53)(H,54,55)/t40-,41-,42-/m1/s1. The summed E-state index contributed by atoms with van der Waals surface area (Å²) in [5, 5.41) is 10.3. The van der Waals surface area contributed by atoms with E-state index >= 15 is 0 Å². The molecule has 17 nitrogen and oxygen atoms in total. The third-order valence-electron chi connectivity index (χ3n) is 10.4. The Labute approximate surface area is 390 Å². The average molecular weight is 975 g/mol. The number of phosphoric acid groups is 2. The minimum atomic E-state index is -4.91. The molecule has 0 saturated heterocycles. The van der Waals surface area contributed by atoms with E-state index in [4.69, 9.17) is 37.0 Å². The average Bonchev–Trinajstić information content (AvgIpc) is 3.27. The number of aliphatic hydroxyl groups is 1. The van der Waals surface area contributed by atoms with Crippen LogP contribution in [0.1, 0.15) is 214 Å². The van der Waals surface area contributed by atoms with Crippen LogP contribution in [0.2, 0.25) is 0 Å². The molecule has 0 aromatic carbocycles. The van der Waals surface area contributed by atoms with Crippen molar-refractivity contribution in [1.82, 2.24) is 0 Å². The lowest BCUT2D eigenvalue weighted by Crippen LogP contribution is -2.30. The van der Waals surface area contributed by atoms with E-state index in [-0.39, 0.29) is 25.7 Å². The lowest BCUT2D eigenvalue weighted by atomic mass is 10.1. The SMILES string of the molecule is CCCCCCCCCCCC(=O)OC[C@H](COP(=O)(O)OC[C@@H](O)COP(=O)(O)OC[C@@H](COC(=O)CCCCCCCC)OC(=O)CCCCCCCC)OC(=O)CCCCCC. The Morgan fingerprint density at radius 1 is 0.369 bits per heavy atom. The number of hydrogen-bond donors (Lipinski definition) is 3. The molecule has 19 heteroatoms. The normalized spacial score (nSPS) is 14.8. The molecule has 0 rings (SSSR count). The molecule has 0 aromatic heterocycles. The zero-order valence-electron chi connectivity index (χ0n) is 40.4. The van der Waals surface area contributed by atoms with Crippen LogP contribution in [-0.4, -0.2) is 96.7 Å². The highest BCUT2D eigenvalue weighted by atomic mass is 31.2. The van der Waals surface area contributed by atoms with Gasteiger partial charge in [-0.2, -0.15) is 0 Å². The predicted molar refractivity (Wildman–Crippen MR) is 248 cm³/mol. The molecule has 0 bridgehead atoms. The van der Waals surface area contributed by atoms with Crippen LogP contribution in [0.4, 0.5) is 0 Å². The van der Waals surface area contributed by atoms with E-state index in [1.165, 1.54) is 32.1 Å². The fourth-order valence-corrected chi connectivity index (χ4v) is 8.03. The van der Waals surface area contributed by atoms with Crippen molar-refractivity contribution in [2.24, 2.45) is 0 Å². The molecule has 2 unspecified atom stereocenters. The van der Waals surface area contributed by atoms with E-state index in [1.807, 2.05) is 6.92 Å². The highest BCUT2D eigenvalue weighted by molar-refractivity contribution is 7.47. The molecule has 65 heavy (non-hydrogen) atoms. The smallest absolute Gasteiger partial charge is 0.462 e. The van der Waals surface area contributed by atoms with Crippen LogP contribution in [0.3, 0.4) is 0 Å². The summed E-state index contributed by atoms with van der Waals surface area (Å²) in [7, 11) is -9.82. The molecule has 0 fully saturated rings. The maximum Gasteiger partial charge on any atom is 0.472 e. The van der Waals surface area contributed by atoms with Crippen LogP contribution in [0.25, 0.3) is 0 Å². The van der Waals surface area contributed by atoms with Crippen molar-refractivity contribution in [2.75, 3.05) is 39.6 Å². The van der Waals surface area contributed by atoms with Gasteiger partial charge in [0.15, 0.2) is 12.2 Å². The summed E-state index contributed by atoms with van der Waals surface area (Å²) in [5.41, 5.74) is 0. The molecule has 0 aliphatic heterocycles. The quantitative estimate of drug-likeness (QED) is 0.0222. The third-order valence-corrected chi connectivity index (χ3v) is 12.3. The lowest BCUT2D eigenvalue weighted by Gasteiger charge is -2.21. The van der Waals surface area contributed by atoms with Gasteiger partial charge in [0.1, 0.15) is 19.3 Å². The zero-order chi connectivity index (χ0) is 48.4. The molecule has 0 aromatic rings. The Bertz CT molecular complexity index is 1300. The van der Waals surface area contributed by atoms with Gasteiger partial charge in [0.05, 0.1) is 26.4 Å². The molecule has 5 atom stereocenters. The molecular formula is C46H88O17P2. The van der Waals surface area contributed by atoms with Crippen LogP contribution in [0, 0.1) is 0 Å². The maximum absolute atomic E-state index is 12.7. The largest absolute Gasteiger partial charge is 0.472 e. The van der Waals surface area contributed by atoms with Crippen molar-refractivity contribution in [3.63, 3.8) is 0 Å². The first-order valence-electron chi connectivity index (χ1n) is 24.8. The summed E-state index contributed by atoms with van der Waals surface area (Å²) in [6.45, 7) is 4.47. The number of hydrogen-bond acceptors (Lipinski definition) is 15. The summed E-state index contributed by atoms with van der Waals surface area (Å²) in [5.74, 6) is -2.19. The Kier molecular flexibility index (Phi) is 40.9. The minimum absolute atomic E-state index is 0.0959. The number of unbranched alkanes of at least 4 members (excludes halogenated alkanes) is 21. The first kappa shape index (κ1) is 63.1. The van der Waals surface area contributed by atoms with Crippen molar-refractivity contribution in [3.8, 4) is 0 Å². The van der Waals surface area contributed by atoms with Crippen LogP contribution in [0.5, 0.6) is 0 Å². The van der Waals surface area contributed by atoms with Gasteiger partial charge in [-0.1, -0.05) is 163 Å². The van der Waals surface area contributed by atoms with E-state index in [9.17, 15) is 43.2 Å². The van der Waals surface area contributed by atoms with Gasteiger partial charge in [-0.15, -0.1) is 0 Å². The van der Waals surface area contributed by atoms with Crippen molar-refractivity contribution in [2.45, 2.75) is 232 Å². The van der Waals surface area contributed by atoms with Crippen molar-refractivity contribution in [3.05, 3.63) is 0 Å². The highest BCUT2D eigenvalue weighted by Gasteiger charge is 2.30. The second-order valence-electron chi connectivity index (χ2n) is 16.8. The number of carbonyl (C=O) groups excluding carboxylic acids is 4. The second kappa shape index (κ2) is 42.2. The fourth-order valence-electron chi connectivity index (χ4n) is 6.45. The Morgan fingerprint density at radius 3 is 0.923 bits per heavy atom. The Morgan fingerprint density at radius 2 is 0.615 bits per heavy atom. The van der Waals surface area contributed by atoms with Crippen LogP contribution >= 0.6 is 15.6 Å². The van der Waals surface area contributed by atoms with Crippen LogP contribution < -0.4 is 0 Å². The van der Waals surface area contributed by atoms with Crippen LogP contribution in [0.15, 0.2) is 0 Å². The highest BCUT2D eigenvalue weighted by Crippen LogP contribution is 2.45. The fraction of sp³-hybridized carbons (Fsp3) is 0.913. The molecular weight excluding hydrogens is 886 g/mol. The van der Waals surface area contributed by atoms with Crippen molar-refractivity contribution < 1.29 is 80.2 Å². The molecule has 3 N–H and O–H groups in total. The first-order chi connectivity index (χ1) is 31.2. The number of esters is 4. The number of ether oxygens (including phenoxy) is 4. The van der Waals surface area contributed by atoms with Gasteiger partial charge in [0.2, 0.25) is 0 Å². The third kappa shape index (κ3) is 41.9. The number of rotatable bonds is 47. The van der Waals surface area contributed by atoms with Gasteiger partial charge in [0.25, 0.3) is 0 Å². The van der Waals surface area contributed by atoms with E-state index < -0.39 is 97.5 Å². The minimum Gasteiger partial charge on any atom is -0.462 e. The van der Waals surface area contributed by atoms with Crippen molar-refractivity contribution in [1.29, 1.82) is 0 Å². The van der Waals surface area contributed by atoms with Gasteiger partial charge in [-0.3, -0.25) is 37.3 Å². The van der Waals surface area contributed by atoms with Gasteiger partial charge < -0.3 is 33.8 Å². The van der Waals surface area contributed by atoms with Gasteiger partial charge in [-0.05, 0) is 25.7 Å². The number of carbonyl (C=O) groups is 4. The molecule has 0 spiro atoms. The van der Waals surface area contributed by atoms with E-state index in [0.29, 0.717) is 25.7 Å². The molecule has 0 heterocycles. The Hall–Kier alpha value is -1.94. The summed E-state index contributed by atoms with van der Waals surface area (Å²) in [6, 6.07) is 0. The topological polar surface area (TPSA) is 237 Å². The number of aliphatic hydroxyl groups excluding tert-OH is 1. The maximum atomic E-state index is 12.7. The van der Waals surface area contributed by atoms with E-state index in [1.54, 1.807) is 0 Å². The molecule has 384 valence electrons. The molecule has 0 radical (unpaired) electrons. The monoisotopic (exact) mass is 975 g/mol.